The van der Waals surface area contributed by atoms with E-state index in [4.69, 9.17) is 16.3 Å². The predicted octanol–water partition coefficient (Wildman–Crippen LogP) is 4.59. The Morgan fingerprint density at radius 1 is 1.29 bits per heavy atom. The van der Waals surface area contributed by atoms with Crippen LogP contribution in [0.15, 0.2) is 24.3 Å². The van der Waals surface area contributed by atoms with E-state index in [1.165, 1.54) is 5.56 Å². The predicted molar refractivity (Wildman–Crippen MR) is 73.0 cm³/mol. The Labute approximate surface area is 109 Å². The second-order valence-corrected chi connectivity index (χ2v) is 6.35. The number of hydrogen-bond donors (Lipinski definition) is 0. The largest absolute Gasteiger partial charge is 0.489 e. The molecule has 1 aromatic rings. The summed E-state index contributed by atoms with van der Waals surface area (Å²) in [6, 6.07) is 8.31. The molecule has 94 valence electrons. The van der Waals surface area contributed by atoms with E-state index in [9.17, 15) is 0 Å². The van der Waals surface area contributed by atoms with E-state index in [1.54, 1.807) is 0 Å². The van der Waals surface area contributed by atoms with Gasteiger partial charge in [0, 0.05) is 17.2 Å². The summed E-state index contributed by atoms with van der Waals surface area (Å²) in [5.41, 5.74) is 1.35. The molecule has 0 amide bonds. The number of rotatable bonds is 3. The molecule has 2 heteroatoms. The average molecular weight is 253 g/mol. The van der Waals surface area contributed by atoms with Crippen molar-refractivity contribution in [1.29, 1.82) is 0 Å². The van der Waals surface area contributed by atoms with Crippen molar-refractivity contribution in [2.24, 2.45) is 5.41 Å². The van der Waals surface area contributed by atoms with Crippen molar-refractivity contribution in [1.82, 2.24) is 0 Å². The van der Waals surface area contributed by atoms with Crippen LogP contribution in [0.5, 0.6) is 5.75 Å². The van der Waals surface area contributed by atoms with Crippen LogP contribution in [0, 0.1) is 5.41 Å². The van der Waals surface area contributed by atoms with E-state index in [0.717, 1.165) is 12.2 Å². The molecule has 2 rings (SSSR count). The summed E-state index contributed by atoms with van der Waals surface area (Å²) in [4.78, 5) is 0. The van der Waals surface area contributed by atoms with E-state index in [1.807, 2.05) is 6.07 Å². The molecule has 0 heterocycles. The molecule has 17 heavy (non-hydrogen) atoms. The highest BCUT2D eigenvalue weighted by Gasteiger charge is 2.49. The molecule has 1 aliphatic carbocycles. The normalized spacial score (nSPS) is 26.7. The smallest absolute Gasteiger partial charge is 0.123 e. The first-order chi connectivity index (χ1) is 7.93. The lowest BCUT2D eigenvalue weighted by molar-refractivity contribution is -0.0137. The molecule has 2 atom stereocenters. The third-order valence-corrected chi connectivity index (χ3v) is 4.61. The second kappa shape index (κ2) is 4.53. The van der Waals surface area contributed by atoms with Gasteiger partial charge in [-0.15, -0.1) is 11.6 Å². The molecule has 1 fully saturated rings. The number of alkyl halides is 1. The lowest BCUT2D eigenvalue weighted by Gasteiger charge is -2.48. The Morgan fingerprint density at radius 3 is 2.47 bits per heavy atom. The monoisotopic (exact) mass is 252 g/mol. The molecule has 0 aliphatic heterocycles. The minimum absolute atomic E-state index is 0.0750. The lowest BCUT2D eigenvalue weighted by atomic mass is 9.68. The number of ether oxygens (including phenoxy) is 1. The Kier molecular flexibility index (Phi) is 3.40. The summed E-state index contributed by atoms with van der Waals surface area (Å²) >= 11 is 6.22. The van der Waals surface area contributed by atoms with E-state index >= 15 is 0 Å². The van der Waals surface area contributed by atoms with Crippen LogP contribution in [0.4, 0.5) is 0 Å². The van der Waals surface area contributed by atoms with Crippen molar-refractivity contribution in [3.8, 4) is 5.75 Å². The van der Waals surface area contributed by atoms with Crippen LogP contribution in [0.1, 0.15) is 45.6 Å². The molecule has 1 aromatic carbocycles. The molecule has 0 saturated heterocycles. The van der Waals surface area contributed by atoms with Gasteiger partial charge in [0.2, 0.25) is 0 Å². The summed E-state index contributed by atoms with van der Waals surface area (Å²) in [5, 5.41) is 0.235. The van der Waals surface area contributed by atoms with Gasteiger partial charge in [0.15, 0.2) is 0 Å². The van der Waals surface area contributed by atoms with Crippen LogP contribution in [-0.4, -0.2) is 11.5 Å². The van der Waals surface area contributed by atoms with Gasteiger partial charge < -0.3 is 4.74 Å². The molecule has 0 radical (unpaired) electrons. The van der Waals surface area contributed by atoms with E-state index in [2.05, 4.69) is 45.9 Å². The van der Waals surface area contributed by atoms with Gasteiger partial charge >= 0.3 is 0 Å². The fraction of sp³-hybridized carbons (Fsp3) is 0.600. The lowest BCUT2D eigenvalue weighted by Crippen LogP contribution is -2.53. The number of halogens is 1. The summed E-state index contributed by atoms with van der Waals surface area (Å²) in [6.45, 7) is 8.74. The molecular formula is C15H21ClO. The first-order valence-electron chi connectivity index (χ1n) is 6.32. The minimum atomic E-state index is 0.0750. The third kappa shape index (κ3) is 2.30. The Bertz CT molecular complexity index is 398. The maximum Gasteiger partial charge on any atom is 0.123 e. The molecule has 1 aliphatic rings. The van der Waals surface area contributed by atoms with Gasteiger partial charge in [-0.3, -0.25) is 0 Å². The van der Waals surface area contributed by atoms with Crippen LogP contribution in [0.3, 0.4) is 0 Å². The highest BCUT2D eigenvalue weighted by molar-refractivity contribution is 6.21. The van der Waals surface area contributed by atoms with Crippen LogP contribution < -0.4 is 4.74 Å². The first-order valence-corrected chi connectivity index (χ1v) is 6.76. The fourth-order valence-electron chi connectivity index (χ4n) is 2.25. The zero-order valence-corrected chi connectivity index (χ0v) is 11.8. The summed E-state index contributed by atoms with van der Waals surface area (Å²) in [5.74, 6) is 1.50. The quantitative estimate of drug-likeness (QED) is 0.715. The molecule has 1 nitrogen and oxygen atoms in total. The summed E-state index contributed by atoms with van der Waals surface area (Å²) in [7, 11) is 0. The van der Waals surface area contributed by atoms with Crippen LogP contribution in [0.25, 0.3) is 0 Å². The van der Waals surface area contributed by atoms with Crippen LogP contribution in [-0.2, 0) is 0 Å². The zero-order valence-electron chi connectivity index (χ0n) is 11.0. The maximum absolute atomic E-state index is 6.22. The third-order valence-electron chi connectivity index (χ3n) is 3.87. The summed E-state index contributed by atoms with van der Waals surface area (Å²) < 4.78 is 6.14. The minimum Gasteiger partial charge on any atom is -0.489 e. The maximum atomic E-state index is 6.22. The second-order valence-electron chi connectivity index (χ2n) is 5.82. The van der Waals surface area contributed by atoms with Crippen molar-refractivity contribution in [2.45, 2.75) is 51.5 Å². The molecule has 0 spiro atoms. The fourth-order valence-corrected chi connectivity index (χ4v) is 2.56. The Hall–Kier alpha value is -0.690. The number of benzene rings is 1. The van der Waals surface area contributed by atoms with Gasteiger partial charge in [-0.25, -0.2) is 0 Å². The van der Waals surface area contributed by atoms with Crippen LogP contribution in [0.2, 0.25) is 0 Å². The molecule has 2 unspecified atom stereocenters. The van der Waals surface area contributed by atoms with Gasteiger partial charge in [-0.1, -0.05) is 45.9 Å². The van der Waals surface area contributed by atoms with Crippen molar-refractivity contribution in [2.75, 3.05) is 0 Å². The Balaban J connectivity index is 2.15. The van der Waals surface area contributed by atoms with Crippen molar-refractivity contribution >= 4 is 11.6 Å². The number of para-hydroxylation sites is 1. The molecule has 0 bridgehead atoms. The average Bonchev–Trinajstić information content (AvgIpc) is 2.29. The standard InChI is InChI=1S/C15H21ClO/c1-10(2)11-7-5-6-8-12(11)17-14-9-13(16)15(14,3)4/h5-8,10,13-14H,9H2,1-4H3. The van der Waals surface area contributed by atoms with Gasteiger partial charge in [-0.2, -0.15) is 0 Å². The van der Waals surface area contributed by atoms with E-state index in [0.29, 0.717) is 5.92 Å². The van der Waals surface area contributed by atoms with E-state index < -0.39 is 0 Å². The van der Waals surface area contributed by atoms with Crippen molar-refractivity contribution in [3.05, 3.63) is 29.8 Å². The first kappa shape index (κ1) is 12.8. The highest BCUT2D eigenvalue weighted by atomic mass is 35.5. The summed E-state index contributed by atoms with van der Waals surface area (Å²) in [6.07, 6.45) is 1.19. The van der Waals surface area contributed by atoms with Gasteiger partial charge in [0.25, 0.3) is 0 Å². The number of hydrogen-bond acceptors (Lipinski definition) is 1. The van der Waals surface area contributed by atoms with Gasteiger partial charge in [-0.05, 0) is 17.5 Å². The van der Waals surface area contributed by atoms with Crippen molar-refractivity contribution < 1.29 is 4.74 Å². The Morgan fingerprint density at radius 2 is 1.94 bits per heavy atom. The van der Waals surface area contributed by atoms with E-state index in [-0.39, 0.29) is 16.9 Å². The highest BCUT2D eigenvalue weighted by Crippen LogP contribution is 2.47. The zero-order chi connectivity index (χ0) is 12.6. The topological polar surface area (TPSA) is 9.23 Å². The molecular weight excluding hydrogens is 232 g/mol. The molecule has 1 saturated carbocycles. The molecule has 0 aromatic heterocycles. The van der Waals surface area contributed by atoms with Gasteiger partial charge in [0.05, 0.1) is 0 Å². The van der Waals surface area contributed by atoms with Crippen LogP contribution >= 0.6 is 11.6 Å². The molecule has 0 N–H and O–H groups in total. The van der Waals surface area contributed by atoms with Gasteiger partial charge in [0.1, 0.15) is 11.9 Å². The SMILES string of the molecule is CC(C)c1ccccc1OC1CC(Cl)C1(C)C. The van der Waals surface area contributed by atoms with Crippen molar-refractivity contribution in [3.63, 3.8) is 0 Å².